The highest BCUT2D eigenvalue weighted by atomic mass is 16.4. The number of carbonyl (C=O) groups is 2. The van der Waals surface area contributed by atoms with Gasteiger partial charge in [-0.3, -0.25) is 9.59 Å². The topological polar surface area (TPSA) is 83.6 Å². The molecule has 1 fully saturated rings. The third kappa shape index (κ3) is 2.55. The van der Waals surface area contributed by atoms with Crippen molar-refractivity contribution in [1.82, 2.24) is 9.88 Å². The number of likely N-dealkylation sites (tertiary alicyclic amines) is 1. The molecule has 110 valence electrons. The Balaban J connectivity index is 2.13. The molecule has 1 aromatic heterocycles. The highest BCUT2D eigenvalue weighted by Crippen LogP contribution is 2.34. The lowest BCUT2D eigenvalue weighted by molar-refractivity contribution is -0.151. The van der Waals surface area contributed by atoms with Crippen LogP contribution in [0.15, 0.2) is 10.8 Å². The van der Waals surface area contributed by atoms with Crippen LogP contribution < -0.4 is 0 Å². The number of piperidine rings is 1. The van der Waals surface area contributed by atoms with Crippen molar-refractivity contribution in [2.24, 2.45) is 11.3 Å². The summed E-state index contributed by atoms with van der Waals surface area (Å²) in [5.41, 5.74) is -0.517. The summed E-state index contributed by atoms with van der Waals surface area (Å²) in [6.07, 6.45) is 2.88. The van der Waals surface area contributed by atoms with E-state index in [4.69, 9.17) is 4.42 Å². The Morgan fingerprint density at radius 3 is 2.75 bits per heavy atom. The van der Waals surface area contributed by atoms with Crippen molar-refractivity contribution in [2.75, 3.05) is 13.1 Å². The lowest BCUT2D eigenvalue weighted by Gasteiger charge is -2.39. The second-order valence-corrected chi connectivity index (χ2v) is 5.87. The van der Waals surface area contributed by atoms with E-state index in [-0.39, 0.29) is 11.8 Å². The van der Waals surface area contributed by atoms with Gasteiger partial charge in [0, 0.05) is 13.1 Å². The molecule has 1 aromatic rings. The van der Waals surface area contributed by atoms with Gasteiger partial charge in [0.15, 0.2) is 12.1 Å². The summed E-state index contributed by atoms with van der Waals surface area (Å²) in [7, 11) is 0. The molecule has 1 aliphatic heterocycles. The van der Waals surface area contributed by atoms with Crippen molar-refractivity contribution in [3.05, 3.63) is 17.8 Å². The zero-order valence-electron chi connectivity index (χ0n) is 12.0. The van der Waals surface area contributed by atoms with Crippen LogP contribution in [0.4, 0.5) is 0 Å². The number of nitrogens with zero attached hydrogens (tertiary/aromatic N) is 2. The van der Waals surface area contributed by atoms with Crippen LogP contribution >= 0.6 is 0 Å². The van der Waals surface area contributed by atoms with Crippen LogP contribution in [-0.4, -0.2) is 40.0 Å². The molecule has 6 heteroatoms. The minimum absolute atomic E-state index is 0.0510. The number of carboxylic acids is 1. The second-order valence-electron chi connectivity index (χ2n) is 5.87. The molecular weight excluding hydrogens is 260 g/mol. The Morgan fingerprint density at radius 1 is 1.50 bits per heavy atom. The molecule has 1 saturated heterocycles. The Kier molecular flexibility index (Phi) is 3.83. The lowest BCUT2D eigenvalue weighted by Crippen LogP contribution is -2.47. The molecule has 1 atom stereocenters. The van der Waals surface area contributed by atoms with Gasteiger partial charge in [-0.25, -0.2) is 4.98 Å². The molecule has 1 amide bonds. The fraction of sp³-hybridized carbons (Fsp3) is 0.643. The first-order valence-corrected chi connectivity index (χ1v) is 6.76. The van der Waals surface area contributed by atoms with Crippen LogP contribution in [0.2, 0.25) is 0 Å². The average molecular weight is 280 g/mol. The van der Waals surface area contributed by atoms with E-state index in [0.717, 1.165) is 12.8 Å². The zero-order chi connectivity index (χ0) is 14.9. The number of amides is 1. The number of hydrogen-bond acceptors (Lipinski definition) is 4. The molecular formula is C14H20N2O4. The van der Waals surface area contributed by atoms with Gasteiger partial charge in [0.2, 0.25) is 0 Å². The third-order valence-electron chi connectivity index (χ3n) is 4.23. The largest absolute Gasteiger partial charge is 0.481 e. The van der Waals surface area contributed by atoms with E-state index in [1.807, 2.05) is 0 Å². The first kappa shape index (κ1) is 14.6. The van der Waals surface area contributed by atoms with Gasteiger partial charge < -0.3 is 14.4 Å². The number of hydrogen-bond donors (Lipinski definition) is 1. The van der Waals surface area contributed by atoms with Gasteiger partial charge in [0.25, 0.3) is 5.91 Å². The number of carboxylic acid groups (broad SMARTS) is 1. The van der Waals surface area contributed by atoms with Crippen LogP contribution in [0.5, 0.6) is 0 Å². The zero-order valence-corrected chi connectivity index (χ0v) is 12.0. The SMILES string of the molecule is Cc1ocnc1C(=O)N1CCC[C@H](C(C)(C)C(=O)O)C1. The Morgan fingerprint density at radius 2 is 2.20 bits per heavy atom. The molecule has 20 heavy (non-hydrogen) atoms. The van der Waals surface area contributed by atoms with Crippen molar-refractivity contribution in [3.63, 3.8) is 0 Å². The monoisotopic (exact) mass is 280 g/mol. The first-order valence-electron chi connectivity index (χ1n) is 6.76. The molecule has 0 saturated carbocycles. The van der Waals surface area contributed by atoms with Crippen molar-refractivity contribution in [2.45, 2.75) is 33.6 Å². The minimum Gasteiger partial charge on any atom is -0.481 e. The van der Waals surface area contributed by atoms with Crippen molar-refractivity contribution >= 4 is 11.9 Å². The molecule has 2 rings (SSSR count). The van der Waals surface area contributed by atoms with Gasteiger partial charge in [0.1, 0.15) is 5.76 Å². The predicted octanol–water partition coefficient (Wildman–Crippen LogP) is 1.95. The summed E-state index contributed by atoms with van der Waals surface area (Å²) in [5.74, 6) is -0.559. The van der Waals surface area contributed by atoms with Crippen molar-refractivity contribution in [1.29, 1.82) is 0 Å². The third-order valence-corrected chi connectivity index (χ3v) is 4.23. The van der Waals surface area contributed by atoms with Gasteiger partial charge in [-0.15, -0.1) is 0 Å². The summed E-state index contributed by atoms with van der Waals surface area (Å²) in [5, 5.41) is 9.32. The molecule has 0 unspecified atom stereocenters. The summed E-state index contributed by atoms with van der Waals surface area (Å²) in [6.45, 7) is 6.22. The highest BCUT2D eigenvalue weighted by Gasteiger charge is 2.40. The minimum atomic E-state index is -0.835. The number of aliphatic carboxylic acids is 1. The van der Waals surface area contributed by atoms with Crippen LogP contribution in [-0.2, 0) is 4.79 Å². The maximum atomic E-state index is 12.4. The molecule has 0 spiro atoms. The van der Waals surface area contributed by atoms with E-state index in [0.29, 0.717) is 24.5 Å². The van der Waals surface area contributed by atoms with Gasteiger partial charge in [-0.2, -0.15) is 0 Å². The summed E-state index contributed by atoms with van der Waals surface area (Å²) in [4.78, 5) is 29.4. The first-order chi connectivity index (χ1) is 9.34. The van der Waals surface area contributed by atoms with Crippen molar-refractivity contribution < 1.29 is 19.1 Å². The van der Waals surface area contributed by atoms with E-state index >= 15 is 0 Å². The average Bonchev–Trinajstić information content (AvgIpc) is 2.84. The molecule has 0 bridgehead atoms. The maximum absolute atomic E-state index is 12.4. The van der Waals surface area contributed by atoms with Gasteiger partial charge in [0.05, 0.1) is 5.41 Å². The quantitative estimate of drug-likeness (QED) is 0.914. The molecule has 6 nitrogen and oxygen atoms in total. The summed E-state index contributed by atoms with van der Waals surface area (Å²) in [6, 6.07) is 0. The van der Waals surface area contributed by atoms with E-state index in [1.165, 1.54) is 6.39 Å². The molecule has 0 radical (unpaired) electrons. The predicted molar refractivity (Wildman–Crippen MR) is 71.3 cm³/mol. The van der Waals surface area contributed by atoms with E-state index < -0.39 is 11.4 Å². The fourth-order valence-corrected chi connectivity index (χ4v) is 2.59. The van der Waals surface area contributed by atoms with E-state index in [1.54, 1.807) is 25.7 Å². The summed E-state index contributed by atoms with van der Waals surface area (Å²) < 4.78 is 5.06. The molecule has 1 aliphatic rings. The van der Waals surface area contributed by atoms with Crippen LogP contribution in [0.3, 0.4) is 0 Å². The van der Waals surface area contributed by atoms with Gasteiger partial charge in [-0.05, 0) is 39.5 Å². The highest BCUT2D eigenvalue weighted by molar-refractivity contribution is 5.93. The van der Waals surface area contributed by atoms with Crippen LogP contribution in [0.1, 0.15) is 42.9 Å². The summed E-state index contributed by atoms with van der Waals surface area (Å²) >= 11 is 0. The van der Waals surface area contributed by atoms with Crippen LogP contribution in [0.25, 0.3) is 0 Å². The number of oxazole rings is 1. The smallest absolute Gasteiger partial charge is 0.309 e. The number of aryl methyl sites for hydroxylation is 1. The number of carbonyl (C=O) groups excluding carboxylic acids is 1. The molecule has 2 heterocycles. The van der Waals surface area contributed by atoms with Gasteiger partial charge in [-0.1, -0.05) is 0 Å². The molecule has 0 aliphatic carbocycles. The fourth-order valence-electron chi connectivity index (χ4n) is 2.59. The Hall–Kier alpha value is -1.85. The normalized spacial score (nSPS) is 19.9. The second kappa shape index (κ2) is 5.26. The molecule has 1 N–H and O–H groups in total. The maximum Gasteiger partial charge on any atom is 0.309 e. The van der Waals surface area contributed by atoms with E-state index in [2.05, 4.69) is 4.98 Å². The Bertz CT molecular complexity index is 521. The standard InChI is InChI=1S/C14H20N2O4/c1-9-11(15-8-20-9)12(17)16-6-4-5-10(7-16)14(2,3)13(18)19/h8,10H,4-7H2,1-3H3,(H,18,19)/t10-/m0/s1. The molecule has 0 aromatic carbocycles. The van der Waals surface area contributed by atoms with E-state index in [9.17, 15) is 14.7 Å². The number of rotatable bonds is 3. The Labute approximate surface area is 117 Å². The van der Waals surface area contributed by atoms with Gasteiger partial charge >= 0.3 is 5.97 Å². The number of aromatic nitrogens is 1. The van der Waals surface area contributed by atoms with Crippen LogP contribution in [0, 0.1) is 18.3 Å². The lowest BCUT2D eigenvalue weighted by atomic mass is 9.74. The van der Waals surface area contributed by atoms with Crippen molar-refractivity contribution in [3.8, 4) is 0 Å².